The summed E-state index contributed by atoms with van der Waals surface area (Å²) >= 11 is 0. The third-order valence-electron chi connectivity index (χ3n) is 2.43. The molecule has 6 heteroatoms. The van der Waals surface area contributed by atoms with E-state index in [-0.39, 0.29) is 6.54 Å². The molecule has 1 aromatic carbocycles. The minimum absolute atomic E-state index is 0.110. The fourth-order valence-corrected chi connectivity index (χ4v) is 1.54. The highest BCUT2D eigenvalue weighted by Gasteiger charge is 2.43. The molecule has 18 heavy (non-hydrogen) atoms. The molecule has 0 unspecified atom stereocenters. The van der Waals surface area contributed by atoms with Crippen LogP contribution >= 0.6 is 0 Å². The van der Waals surface area contributed by atoms with E-state index in [9.17, 15) is 18.0 Å². The first-order chi connectivity index (χ1) is 8.21. The van der Waals surface area contributed by atoms with Crippen LogP contribution < -0.4 is 5.73 Å². The normalized spacial score (nSPS) is 11.7. The standard InChI is InChI=1S/C12H15F3N2O/c1-8(2)17(11(18)12(13,14)15)7-9-4-3-5-10(16)6-9/h3-6,8H,7,16H2,1-2H3. The van der Waals surface area contributed by atoms with Crippen LogP contribution in [0.5, 0.6) is 0 Å². The summed E-state index contributed by atoms with van der Waals surface area (Å²) in [6.45, 7) is 2.97. The number of nitrogens with two attached hydrogens (primary N) is 1. The Balaban J connectivity index is 2.91. The van der Waals surface area contributed by atoms with Gasteiger partial charge in [-0.1, -0.05) is 12.1 Å². The SMILES string of the molecule is CC(C)N(Cc1cccc(N)c1)C(=O)C(F)(F)F. The molecule has 1 amide bonds. The van der Waals surface area contributed by atoms with Crippen LogP contribution in [0.15, 0.2) is 24.3 Å². The number of anilines is 1. The van der Waals surface area contributed by atoms with Gasteiger partial charge in [-0.05, 0) is 31.5 Å². The number of carbonyl (C=O) groups is 1. The first-order valence-corrected chi connectivity index (χ1v) is 5.44. The molecule has 0 heterocycles. The zero-order valence-corrected chi connectivity index (χ0v) is 10.2. The van der Waals surface area contributed by atoms with Gasteiger partial charge in [0.25, 0.3) is 0 Å². The van der Waals surface area contributed by atoms with Gasteiger partial charge in [0.2, 0.25) is 0 Å². The predicted octanol–water partition coefficient (Wildman–Crippen LogP) is 2.57. The van der Waals surface area contributed by atoms with E-state index in [1.165, 1.54) is 13.8 Å². The zero-order valence-electron chi connectivity index (χ0n) is 10.2. The smallest absolute Gasteiger partial charge is 0.399 e. The Labute approximate surface area is 103 Å². The van der Waals surface area contributed by atoms with Gasteiger partial charge in [0, 0.05) is 18.3 Å². The number of hydrogen-bond donors (Lipinski definition) is 1. The molecule has 0 bridgehead atoms. The van der Waals surface area contributed by atoms with Gasteiger partial charge in [-0.3, -0.25) is 4.79 Å². The maximum Gasteiger partial charge on any atom is 0.471 e. The Kier molecular flexibility index (Phi) is 4.21. The second-order valence-corrected chi connectivity index (χ2v) is 4.27. The summed E-state index contributed by atoms with van der Waals surface area (Å²) in [6, 6.07) is 5.92. The van der Waals surface area contributed by atoms with Crippen LogP contribution in [0, 0.1) is 0 Å². The van der Waals surface area contributed by atoms with Gasteiger partial charge in [0.15, 0.2) is 0 Å². The molecule has 0 aliphatic carbocycles. The number of benzene rings is 1. The summed E-state index contributed by atoms with van der Waals surface area (Å²) in [7, 11) is 0. The molecule has 1 aromatic rings. The van der Waals surface area contributed by atoms with Crippen molar-refractivity contribution < 1.29 is 18.0 Å². The molecule has 100 valence electrons. The highest BCUT2D eigenvalue weighted by Crippen LogP contribution is 2.22. The van der Waals surface area contributed by atoms with E-state index >= 15 is 0 Å². The number of carbonyl (C=O) groups excluding carboxylic acids is 1. The van der Waals surface area contributed by atoms with Crippen LogP contribution in [0.4, 0.5) is 18.9 Å². The largest absolute Gasteiger partial charge is 0.471 e. The lowest BCUT2D eigenvalue weighted by Crippen LogP contribution is -2.44. The molecular weight excluding hydrogens is 245 g/mol. The molecule has 0 radical (unpaired) electrons. The van der Waals surface area contributed by atoms with Gasteiger partial charge in [-0.15, -0.1) is 0 Å². The lowest BCUT2D eigenvalue weighted by Gasteiger charge is -2.27. The van der Waals surface area contributed by atoms with Crippen LogP contribution in [-0.2, 0) is 11.3 Å². The molecule has 0 atom stereocenters. The van der Waals surface area contributed by atoms with E-state index in [0.29, 0.717) is 11.3 Å². The van der Waals surface area contributed by atoms with Crippen molar-refractivity contribution in [2.24, 2.45) is 0 Å². The lowest BCUT2D eigenvalue weighted by molar-refractivity contribution is -0.188. The quantitative estimate of drug-likeness (QED) is 0.849. The average molecular weight is 260 g/mol. The van der Waals surface area contributed by atoms with Crippen molar-refractivity contribution in [1.29, 1.82) is 0 Å². The first kappa shape index (κ1) is 14.3. The second-order valence-electron chi connectivity index (χ2n) is 4.27. The summed E-state index contributed by atoms with van der Waals surface area (Å²) in [5.41, 5.74) is 6.57. The molecule has 3 nitrogen and oxygen atoms in total. The molecule has 0 saturated heterocycles. The Morgan fingerprint density at radius 2 is 2.00 bits per heavy atom. The van der Waals surface area contributed by atoms with Gasteiger partial charge in [-0.25, -0.2) is 0 Å². The number of amides is 1. The molecule has 0 aromatic heterocycles. The van der Waals surface area contributed by atoms with Crippen LogP contribution in [0.3, 0.4) is 0 Å². The van der Waals surface area contributed by atoms with E-state index in [2.05, 4.69) is 0 Å². The molecule has 0 aliphatic rings. The van der Waals surface area contributed by atoms with Crippen molar-refractivity contribution in [1.82, 2.24) is 4.90 Å². The maximum absolute atomic E-state index is 12.4. The van der Waals surface area contributed by atoms with E-state index < -0.39 is 18.1 Å². The fourth-order valence-electron chi connectivity index (χ4n) is 1.54. The first-order valence-electron chi connectivity index (χ1n) is 5.44. The predicted molar refractivity (Wildman–Crippen MR) is 62.6 cm³/mol. The van der Waals surface area contributed by atoms with Crippen molar-refractivity contribution >= 4 is 11.6 Å². The van der Waals surface area contributed by atoms with E-state index in [1.54, 1.807) is 24.3 Å². The number of alkyl halides is 3. The highest BCUT2D eigenvalue weighted by molar-refractivity contribution is 5.82. The number of nitrogens with zero attached hydrogens (tertiary/aromatic N) is 1. The molecular formula is C12H15F3N2O. The van der Waals surface area contributed by atoms with E-state index in [0.717, 1.165) is 4.90 Å². The Bertz CT molecular complexity index is 430. The third kappa shape index (κ3) is 3.65. The van der Waals surface area contributed by atoms with Crippen molar-refractivity contribution in [3.63, 3.8) is 0 Å². The summed E-state index contributed by atoms with van der Waals surface area (Å²) in [5, 5.41) is 0. The fraction of sp³-hybridized carbons (Fsp3) is 0.417. The van der Waals surface area contributed by atoms with Gasteiger partial charge >= 0.3 is 12.1 Å². The third-order valence-corrected chi connectivity index (χ3v) is 2.43. The van der Waals surface area contributed by atoms with Crippen molar-refractivity contribution in [2.45, 2.75) is 32.6 Å². The summed E-state index contributed by atoms with van der Waals surface area (Å²) in [4.78, 5) is 12.0. The topological polar surface area (TPSA) is 46.3 Å². The molecule has 0 spiro atoms. The van der Waals surface area contributed by atoms with Crippen molar-refractivity contribution in [3.05, 3.63) is 29.8 Å². The van der Waals surface area contributed by atoms with Crippen molar-refractivity contribution in [2.75, 3.05) is 5.73 Å². The number of hydrogen-bond acceptors (Lipinski definition) is 2. The van der Waals surface area contributed by atoms with Gasteiger partial charge in [0.1, 0.15) is 0 Å². The molecule has 0 fully saturated rings. The van der Waals surface area contributed by atoms with Crippen LogP contribution in [0.2, 0.25) is 0 Å². The molecule has 2 N–H and O–H groups in total. The van der Waals surface area contributed by atoms with Crippen molar-refractivity contribution in [3.8, 4) is 0 Å². The Morgan fingerprint density at radius 3 is 2.44 bits per heavy atom. The Morgan fingerprint density at radius 1 is 1.39 bits per heavy atom. The second kappa shape index (κ2) is 5.29. The number of rotatable bonds is 3. The van der Waals surface area contributed by atoms with Crippen LogP contribution in [0.1, 0.15) is 19.4 Å². The molecule has 0 saturated carbocycles. The van der Waals surface area contributed by atoms with Gasteiger partial charge < -0.3 is 10.6 Å². The minimum Gasteiger partial charge on any atom is -0.399 e. The maximum atomic E-state index is 12.4. The monoisotopic (exact) mass is 260 g/mol. The zero-order chi connectivity index (χ0) is 13.9. The summed E-state index contributed by atoms with van der Waals surface area (Å²) in [5.74, 6) is -1.83. The summed E-state index contributed by atoms with van der Waals surface area (Å²) < 4.78 is 37.3. The number of halogens is 3. The summed E-state index contributed by atoms with van der Waals surface area (Å²) in [6.07, 6.45) is -4.86. The molecule has 1 rings (SSSR count). The molecule has 0 aliphatic heterocycles. The number of nitrogen functional groups attached to an aromatic ring is 1. The van der Waals surface area contributed by atoms with Crippen LogP contribution in [0.25, 0.3) is 0 Å². The van der Waals surface area contributed by atoms with Crippen LogP contribution in [-0.4, -0.2) is 23.0 Å². The lowest BCUT2D eigenvalue weighted by atomic mass is 10.1. The van der Waals surface area contributed by atoms with Gasteiger partial charge in [0.05, 0.1) is 0 Å². The van der Waals surface area contributed by atoms with Gasteiger partial charge in [-0.2, -0.15) is 13.2 Å². The highest BCUT2D eigenvalue weighted by atomic mass is 19.4. The van der Waals surface area contributed by atoms with E-state index in [4.69, 9.17) is 5.73 Å². The Hall–Kier alpha value is -1.72. The average Bonchev–Trinajstić information content (AvgIpc) is 2.23. The minimum atomic E-state index is -4.86. The van der Waals surface area contributed by atoms with E-state index in [1.807, 2.05) is 0 Å².